The van der Waals surface area contributed by atoms with Crippen LogP contribution in [0.4, 0.5) is 0 Å². The van der Waals surface area contributed by atoms with Crippen LogP contribution in [-0.4, -0.2) is 4.98 Å². The first-order valence-electron chi connectivity index (χ1n) is 5.17. The van der Waals surface area contributed by atoms with Gasteiger partial charge in [-0.1, -0.05) is 27.7 Å². The summed E-state index contributed by atoms with van der Waals surface area (Å²) in [5, 5.41) is 0. The van der Waals surface area contributed by atoms with Crippen molar-refractivity contribution in [1.29, 1.82) is 0 Å². The summed E-state index contributed by atoms with van der Waals surface area (Å²) < 4.78 is 0. The molecule has 14 heavy (non-hydrogen) atoms. The van der Waals surface area contributed by atoms with E-state index in [0.29, 0.717) is 11.8 Å². The van der Waals surface area contributed by atoms with E-state index in [1.54, 1.807) is 6.07 Å². The fraction of sp³-hybridized carbons (Fsp3) is 0.583. The van der Waals surface area contributed by atoms with Crippen molar-refractivity contribution in [3.05, 3.63) is 33.2 Å². The summed E-state index contributed by atoms with van der Waals surface area (Å²) in [5.41, 5.74) is 3.49. The molecule has 1 rings (SSSR count). The van der Waals surface area contributed by atoms with Crippen molar-refractivity contribution in [3.8, 4) is 0 Å². The molecule has 0 unspecified atom stereocenters. The van der Waals surface area contributed by atoms with Crippen molar-refractivity contribution in [1.82, 2.24) is 4.98 Å². The molecule has 0 fully saturated rings. The second-order valence-corrected chi connectivity index (χ2v) is 4.45. The number of H-pyrrole nitrogens is 1. The summed E-state index contributed by atoms with van der Waals surface area (Å²) in [6, 6.07) is 1.68. The highest BCUT2D eigenvalue weighted by Gasteiger charge is 2.13. The summed E-state index contributed by atoms with van der Waals surface area (Å²) >= 11 is 0. The maximum atomic E-state index is 11.3. The van der Waals surface area contributed by atoms with E-state index in [-0.39, 0.29) is 5.56 Å². The number of pyridine rings is 1. The van der Waals surface area contributed by atoms with Crippen LogP contribution in [-0.2, 0) is 0 Å². The lowest BCUT2D eigenvalue weighted by Gasteiger charge is -2.17. The minimum atomic E-state index is 0.00981. The minimum absolute atomic E-state index is 0.00981. The van der Waals surface area contributed by atoms with Crippen molar-refractivity contribution in [2.75, 3.05) is 0 Å². The molecule has 0 atom stereocenters. The smallest absolute Gasteiger partial charge is 0.248 e. The van der Waals surface area contributed by atoms with Crippen molar-refractivity contribution in [3.63, 3.8) is 0 Å². The standard InChI is InChI=1S/C12H19NO/c1-7(2)11-9(5)6-10(14)13-12(11)8(3)4/h6-8H,1-5H3,(H,13,14). The van der Waals surface area contributed by atoms with Gasteiger partial charge in [-0.05, 0) is 29.9 Å². The molecule has 0 amide bonds. The van der Waals surface area contributed by atoms with E-state index in [1.165, 1.54) is 5.56 Å². The molecule has 0 radical (unpaired) electrons. The van der Waals surface area contributed by atoms with Crippen LogP contribution in [0.5, 0.6) is 0 Å². The Morgan fingerprint density at radius 3 is 2.14 bits per heavy atom. The monoisotopic (exact) mass is 193 g/mol. The van der Waals surface area contributed by atoms with Gasteiger partial charge < -0.3 is 4.98 Å². The Labute approximate surface area is 85.4 Å². The average Bonchev–Trinajstić information content (AvgIpc) is 2.01. The van der Waals surface area contributed by atoms with E-state index in [2.05, 4.69) is 32.7 Å². The Kier molecular flexibility index (Phi) is 3.14. The number of aromatic amines is 1. The normalized spacial score (nSPS) is 11.4. The van der Waals surface area contributed by atoms with Crippen LogP contribution in [0.15, 0.2) is 10.9 Å². The molecule has 1 heterocycles. The maximum Gasteiger partial charge on any atom is 0.248 e. The second-order valence-electron chi connectivity index (χ2n) is 4.45. The van der Waals surface area contributed by atoms with Gasteiger partial charge in [0.05, 0.1) is 0 Å². The van der Waals surface area contributed by atoms with Crippen LogP contribution in [0.1, 0.15) is 56.4 Å². The van der Waals surface area contributed by atoms with E-state index in [9.17, 15) is 4.79 Å². The van der Waals surface area contributed by atoms with Crippen LogP contribution >= 0.6 is 0 Å². The highest BCUT2D eigenvalue weighted by atomic mass is 16.1. The Morgan fingerprint density at radius 2 is 1.71 bits per heavy atom. The Morgan fingerprint density at radius 1 is 1.14 bits per heavy atom. The van der Waals surface area contributed by atoms with Gasteiger partial charge in [-0.2, -0.15) is 0 Å². The predicted octanol–water partition coefficient (Wildman–Crippen LogP) is 2.93. The molecule has 1 N–H and O–H groups in total. The maximum absolute atomic E-state index is 11.3. The zero-order valence-electron chi connectivity index (χ0n) is 9.64. The van der Waals surface area contributed by atoms with Gasteiger partial charge in [0.15, 0.2) is 0 Å². The number of hydrogen-bond acceptors (Lipinski definition) is 1. The molecule has 78 valence electrons. The van der Waals surface area contributed by atoms with Crippen molar-refractivity contribution >= 4 is 0 Å². The first-order valence-corrected chi connectivity index (χ1v) is 5.17. The number of nitrogens with one attached hydrogen (secondary N) is 1. The van der Waals surface area contributed by atoms with Gasteiger partial charge in [0.2, 0.25) is 5.56 Å². The summed E-state index contributed by atoms with van der Waals surface area (Å²) in [6.45, 7) is 10.5. The molecule has 1 aromatic heterocycles. The van der Waals surface area contributed by atoms with Crippen LogP contribution in [0.2, 0.25) is 0 Å². The molecule has 0 aliphatic rings. The summed E-state index contributed by atoms with van der Waals surface area (Å²) in [7, 11) is 0. The van der Waals surface area contributed by atoms with E-state index in [4.69, 9.17) is 0 Å². The lowest BCUT2D eigenvalue weighted by Crippen LogP contribution is -2.14. The van der Waals surface area contributed by atoms with E-state index in [0.717, 1.165) is 11.3 Å². The molecule has 0 bridgehead atoms. The molecule has 0 aliphatic carbocycles. The van der Waals surface area contributed by atoms with Crippen LogP contribution < -0.4 is 5.56 Å². The van der Waals surface area contributed by atoms with Crippen LogP contribution in [0.3, 0.4) is 0 Å². The fourth-order valence-electron chi connectivity index (χ4n) is 1.94. The third-order valence-corrected chi connectivity index (χ3v) is 2.48. The molecule has 2 nitrogen and oxygen atoms in total. The van der Waals surface area contributed by atoms with Gasteiger partial charge in [-0.25, -0.2) is 0 Å². The number of aryl methyl sites for hydroxylation is 1. The lowest BCUT2D eigenvalue weighted by molar-refractivity contribution is 0.745. The van der Waals surface area contributed by atoms with Crippen molar-refractivity contribution in [2.45, 2.75) is 46.5 Å². The van der Waals surface area contributed by atoms with Gasteiger partial charge in [0, 0.05) is 11.8 Å². The summed E-state index contributed by atoms with van der Waals surface area (Å²) in [6.07, 6.45) is 0. The molecule has 2 heteroatoms. The number of rotatable bonds is 2. The van der Waals surface area contributed by atoms with Gasteiger partial charge in [0.1, 0.15) is 0 Å². The first-order chi connectivity index (χ1) is 6.43. The Balaban J connectivity index is 3.44. The fourth-order valence-corrected chi connectivity index (χ4v) is 1.94. The molecule has 0 saturated heterocycles. The summed E-state index contributed by atoms with van der Waals surface area (Å²) in [5.74, 6) is 0.837. The van der Waals surface area contributed by atoms with Gasteiger partial charge >= 0.3 is 0 Å². The van der Waals surface area contributed by atoms with E-state index >= 15 is 0 Å². The van der Waals surface area contributed by atoms with E-state index in [1.807, 2.05) is 6.92 Å². The van der Waals surface area contributed by atoms with Gasteiger partial charge in [-0.15, -0.1) is 0 Å². The second kappa shape index (κ2) is 3.99. The summed E-state index contributed by atoms with van der Waals surface area (Å²) in [4.78, 5) is 14.3. The molecular formula is C12H19NO. The number of aromatic nitrogens is 1. The molecule has 0 saturated carbocycles. The number of hydrogen-bond donors (Lipinski definition) is 1. The van der Waals surface area contributed by atoms with Crippen molar-refractivity contribution < 1.29 is 0 Å². The molecular weight excluding hydrogens is 174 g/mol. The quantitative estimate of drug-likeness (QED) is 0.769. The topological polar surface area (TPSA) is 32.9 Å². The third kappa shape index (κ3) is 2.06. The predicted molar refractivity (Wildman–Crippen MR) is 60.0 cm³/mol. The molecule has 0 aromatic carbocycles. The highest BCUT2D eigenvalue weighted by Crippen LogP contribution is 2.25. The zero-order chi connectivity index (χ0) is 10.9. The Bertz CT molecular complexity index is 374. The highest BCUT2D eigenvalue weighted by molar-refractivity contribution is 5.33. The van der Waals surface area contributed by atoms with Crippen molar-refractivity contribution in [2.24, 2.45) is 0 Å². The Hall–Kier alpha value is -1.05. The third-order valence-electron chi connectivity index (χ3n) is 2.48. The largest absolute Gasteiger partial charge is 0.326 e. The first kappa shape index (κ1) is 11.0. The minimum Gasteiger partial charge on any atom is -0.326 e. The zero-order valence-corrected chi connectivity index (χ0v) is 9.64. The van der Waals surface area contributed by atoms with Gasteiger partial charge in [0.25, 0.3) is 0 Å². The van der Waals surface area contributed by atoms with Crippen LogP contribution in [0.25, 0.3) is 0 Å². The lowest BCUT2D eigenvalue weighted by atomic mass is 9.92. The molecule has 0 spiro atoms. The van der Waals surface area contributed by atoms with Crippen LogP contribution in [0, 0.1) is 6.92 Å². The average molecular weight is 193 g/mol. The SMILES string of the molecule is Cc1cc(=O)[nH]c(C(C)C)c1C(C)C. The molecule has 1 aromatic rings. The van der Waals surface area contributed by atoms with E-state index < -0.39 is 0 Å². The molecule has 0 aliphatic heterocycles. The van der Waals surface area contributed by atoms with Gasteiger partial charge in [-0.3, -0.25) is 4.79 Å².